The highest BCUT2D eigenvalue weighted by molar-refractivity contribution is 6.73. The second-order valence-electron chi connectivity index (χ2n) is 4.82. The molecule has 1 aromatic carbocycles. The highest BCUT2D eigenvalue weighted by atomic mass is 35.5. The van der Waals surface area contributed by atoms with Crippen LogP contribution >= 0.6 is 46.4 Å². The summed E-state index contributed by atoms with van der Waals surface area (Å²) < 4.78 is 1.68. The van der Waals surface area contributed by atoms with Gasteiger partial charge in [0.05, 0.1) is 16.4 Å². The van der Waals surface area contributed by atoms with Crippen LogP contribution in [0.5, 0.6) is 0 Å². The van der Waals surface area contributed by atoms with Gasteiger partial charge in [0.15, 0.2) is 11.7 Å². The van der Waals surface area contributed by atoms with Gasteiger partial charge in [-0.05, 0) is 37.3 Å². The van der Waals surface area contributed by atoms with E-state index in [1.54, 1.807) is 22.9 Å². The van der Waals surface area contributed by atoms with E-state index in [4.69, 9.17) is 46.4 Å². The molecule has 1 aromatic heterocycles. The Balaban J connectivity index is 2.06. The molecule has 0 saturated carbocycles. The molecule has 1 aliphatic heterocycles. The zero-order valence-corrected chi connectivity index (χ0v) is 14.9. The second kappa shape index (κ2) is 6.65. The molecular weight excluding hydrogens is 378 g/mol. The van der Waals surface area contributed by atoms with Crippen molar-refractivity contribution in [2.24, 2.45) is 9.98 Å². The van der Waals surface area contributed by atoms with Gasteiger partial charge in [0.2, 0.25) is 0 Å². The molecular formula is C15H10Cl4N4. The van der Waals surface area contributed by atoms with Crippen molar-refractivity contribution in [3.8, 4) is 5.69 Å². The normalized spacial score (nSPS) is 19.7. The van der Waals surface area contributed by atoms with Gasteiger partial charge >= 0.3 is 0 Å². The van der Waals surface area contributed by atoms with Crippen molar-refractivity contribution >= 4 is 63.2 Å². The number of allylic oxidation sites excluding steroid dienone is 1. The second-order valence-corrected chi connectivity index (χ2v) is 6.52. The Morgan fingerprint density at radius 3 is 2.52 bits per heavy atom. The molecule has 1 unspecified atom stereocenters. The summed E-state index contributed by atoms with van der Waals surface area (Å²) >= 11 is 24.0. The lowest BCUT2D eigenvalue weighted by Gasteiger charge is -2.11. The minimum absolute atomic E-state index is 0.226. The van der Waals surface area contributed by atoms with Crippen LogP contribution < -0.4 is 0 Å². The van der Waals surface area contributed by atoms with E-state index in [1.165, 1.54) is 0 Å². The number of rotatable bonds is 2. The van der Waals surface area contributed by atoms with E-state index >= 15 is 0 Å². The summed E-state index contributed by atoms with van der Waals surface area (Å²) in [5, 5.41) is 5.11. The molecule has 1 atom stereocenters. The van der Waals surface area contributed by atoms with Crippen LogP contribution in [0, 0.1) is 6.92 Å². The molecule has 0 bridgehead atoms. The number of aliphatic imine (C=N–C) groups is 2. The zero-order valence-electron chi connectivity index (χ0n) is 11.8. The topological polar surface area (TPSA) is 42.5 Å². The summed E-state index contributed by atoms with van der Waals surface area (Å²) in [5.74, 6) is 0.872. The Labute approximate surface area is 153 Å². The molecule has 3 rings (SSSR count). The quantitative estimate of drug-likeness (QED) is 0.649. The van der Waals surface area contributed by atoms with E-state index in [1.807, 2.05) is 25.1 Å². The molecule has 0 saturated heterocycles. The summed E-state index contributed by atoms with van der Waals surface area (Å²) in [4.78, 5) is 8.59. The van der Waals surface area contributed by atoms with Gasteiger partial charge in [-0.25, -0.2) is 14.7 Å². The van der Waals surface area contributed by atoms with Crippen LogP contribution in [0.4, 0.5) is 5.82 Å². The lowest BCUT2D eigenvalue weighted by Crippen LogP contribution is -2.15. The lowest BCUT2D eigenvalue weighted by atomic mass is 10.3. The average molecular weight is 388 g/mol. The predicted octanol–water partition coefficient (Wildman–Crippen LogP) is 5.25. The molecule has 2 aromatic rings. The third-order valence-corrected chi connectivity index (χ3v) is 4.36. The average Bonchev–Trinajstić information content (AvgIpc) is 2.86. The molecule has 0 N–H and O–H groups in total. The Bertz CT molecular complexity index is 834. The van der Waals surface area contributed by atoms with Gasteiger partial charge in [-0.2, -0.15) is 5.10 Å². The zero-order chi connectivity index (χ0) is 16.6. The van der Waals surface area contributed by atoms with Crippen LogP contribution in [0.1, 0.15) is 5.69 Å². The molecule has 1 aliphatic rings. The van der Waals surface area contributed by atoms with Gasteiger partial charge in [0.25, 0.3) is 0 Å². The maximum Gasteiger partial charge on any atom is 0.174 e. The van der Waals surface area contributed by atoms with Gasteiger partial charge in [-0.3, -0.25) is 0 Å². The fourth-order valence-corrected chi connectivity index (χ4v) is 2.73. The largest absolute Gasteiger partial charge is 0.218 e. The van der Waals surface area contributed by atoms with E-state index < -0.39 is 5.38 Å². The van der Waals surface area contributed by atoms with Gasteiger partial charge in [0.1, 0.15) is 10.5 Å². The monoisotopic (exact) mass is 386 g/mol. The molecule has 0 spiro atoms. The van der Waals surface area contributed by atoms with Crippen LogP contribution in [-0.4, -0.2) is 26.2 Å². The van der Waals surface area contributed by atoms with Crippen LogP contribution in [0.25, 0.3) is 5.69 Å². The third-order valence-electron chi connectivity index (χ3n) is 3.05. The number of aromatic nitrogens is 2. The third kappa shape index (κ3) is 3.61. The number of dihydropyridines is 1. The van der Waals surface area contributed by atoms with E-state index in [2.05, 4.69) is 15.1 Å². The molecule has 118 valence electrons. The molecule has 0 fully saturated rings. The first-order valence-corrected chi connectivity index (χ1v) is 8.18. The van der Waals surface area contributed by atoms with Crippen LogP contribution in [-0.2, 0) is 0 Å². The number of alkyl halides is 1. The Morgan fingerprint density at radius 2 is 1.83 bits per heavy atom. The standard InChI is InChI=1S/C15H10Cl4N4/c1-8-6-13(20-15-12(18)7-11(17)14(19)21-15)23(22-8)10-4-2-9(16)3-5-10/h2-7,11H,1H3/b20-15-. The summed E-state index contributed by atoms with van der Waals surface area (Å²) in [6.07, 6.45) is 1.59. The number of amidine groups is 1. The first kappa shape index (κ1) is 16.5. The summed E-state index contributed by atoms with van der Waals surface area (Å²) in [5.41, 5.74) is 1.63. The maximum atomic E-state index is 6.15. The highest BCUT2D eigenvalue weighted by Gasteiger charge is 2.19. The first-order valence-electron chi connectivity index (χ1n) is 6.61. The predicted molar refractivity (Wildman–Crippen MR) is 97.3 cm³/mol. The molecule has 0 amide bonds. The summed E-state index contributed by atoms with van der Waals surface area (Å²) in [7, 11) is 0. The van der Waals surface area contributed by atoms with Gasteiger partial charge in [-0.1, -0.05) is 34.8 Å². The van der Waals surface area contributed by atoms with Crippen molar-refractivity contribution in [2.45, 2.75) is 12.3 Å². The highest BCUT2D eigenvalue weighted by Crippen LogP contribution is 2.25. The van der Waals surface area contributed by atoms with E-state index in [9.17, 15) is 0 Å². The first-order chi connectivity index (χ1) is 10.9. The van der Waals surface area contributed by atoms with E-state index in [-0.39, 0.29) is 5.17 Å². The smallest absolute Gasteiger partial charge is 0.174 e. The lowest BCUT2D eigenvalue weighted by molar-refractivity contribution is 0.863. The van der Waals surface area contributed by atoms with E-state index in [0.717, 1.165) is 11.4 Å². The Morgan fingerprint density at radius 1 is 1.13 bits per heavy atom. The number of benzene rings is 1. The minimum atomic E-state index is -0.536. The van der Waals surface area contributed by atoms with Crippen molar-refractivity contribution in [1.82, 2.24) is 9.78 Å². The van der Waals surface area contributed by atoms with Gasteiger partial charge < -0.3 is 0 Å². The maximum absolute atomic E-state index is 6.15. The van der Waals surface area contributed by atoms with Crippen molar-refractivity contribution in [3.63, 3.8) is 0 Å². The van der Waals surface area contributed by atoms with Crippen LogP contribution in [0.2, 0.25) is 5.02 Å². The van der Waals surface area contributed by atoms with Crippen molar-refractivity contribution in [3.05, 3.63) is 52.2 Å². The fraction of sp³-hybridized carbons (Fsp3) is 0.133. The Kier molecular flexibility index (Phi) is 4.78. The fourth-order valence-electron chi connectivity index (χ4n) is 2.01. The number of halogens is 4. The molecule has 8 heteroatoms. The van der Waals surface area contributed by atoms with Gasteiger partial charge in [-0.15, -0.1) is 11.6 Å². The van der Waals surface area contributed by atoms with Crippen molar-refractivity contribution in [2.75, 3.05) is 0 Å². The minimum Gasteiger partial charge on any atom is -0.218 e. The molecule has 0 aliphatic carbocycles. The molecule has 2 heterocycles. The summed E-state index contributed by atoms with van der Waals surface area (Å²) in [6, 6.07) is 9.09. The SMILES string of the molecule is Cc1cc(/N=C2\N=C(Cl)C(Cl)C=C2Cl)n(-c2ccc(Cl)cc2)n1. The van der Waals surface area contributed by atoms with Crippen molar-refractivity contribution < 1.29 is 0 Å². The van der Waals surface area contributed by atoms with Crippen LogP contribution in [0.3, 0.4) is 0 Å². The van der Waals surface area contributed by atoms with E-state index in [0.29, 0.717) is 21.7 Å². The van der Waals surface area contributed by atoms with Crippen molar-refractivity contribution in [1.29, 1.82) is 0 Å². The number of hydrogen-bond acceptors (Lipinski definition) is 2. The number of hydrogen-bond donors (Lipinski definition) is 0. The summed E-state index contributed by atoms with van der Waals surface area (Å²) in [6.45, 7) is 1.87. The van der Waals surface area contributed by atoms with Crippen LogP contribution in [0.15, 0.2) is 51.4 Å². The molecule has 23 heavy (non-hydrogen) atoms. The Hall–Kier alpha value is -1.33. The number of aryl methyl sites for hydroxylation is 1. The molecule has 4 nitrogen and oxygen atoms in total. The number of nitrogens with zero attached hydrogens (tertiary/aromatic N) is 4. The molecule has 0 radical (unpaired) electrons. The van der Waals surface area contributed by atoms with Gasteiger partial charge in [0, 0.05) is 11.1 Å².